The Morgan fingerprint density at radius 3 is 3.04 bits per heavy atom. The van der Waals surface area contributed by atoms with Crippen LogP contribution in [-0.4, -0.2) is 51.9 Å². The molecule has 0 saturated carbocycles. The Labute approximate surface area is 152 Å². The number of thiophene rings is 1. The van der Waals surface area contributed by atoms with E-state index >= 15 is 0 Å². The lowest BCUT2D eigenvalue weighted by atomic mass is 10.2. The number of rotatable bonds is 6. The number of aliphatic imine (C=N–C) groups is 1. The molecule has 3 rings (SSSR count). The summed E-state index contributed by atoms with van der Waals surface area (Å²) in [5, 5.41) is 16.0. The molecule has 1 fully saturated rings. The molecule has 0 aliphatic carbocycles. The number of hydrogen-bond acceptors (Lipinski definition) is 5. The highest BCUT2D eigenvalue weighted by molar-refractivity contribution is 7.07. The zero-order chi connectivity index (χ0) is 17.6. The van der Waals surface area contributed by atoms with E-state index in [-0.39, 0.29) is 6.10 Å². The summed E-state index contributed by atoms with van der Waals surface area (Å²) < 4.78 is 7.69. The summed E-state index contributed by atoms with van der Waals surface area (Å²) >= 11 is 1.71. The number of aromatic nitrogens is 3. The number of guanidine groups is 1. The fourth-order valence-electron chi connectivity index (χ4n) is 2.79. The van der Waals surface area contributed by atoms with Gasteiger partial charge in [0.2, 0.25) is 0 Å². The summed E-state index contributed by atoms with van der Waals surface area (Å²) in [6, 6.07) is 2.14. The van der Waals surface area contributed by atoms with E-state index in [1.807, 2.05) is 18.5 Å². The van der Waals surface area contributed by atoms with Crippen LogP contribution in [0.25, 0.3) is 0 Å². The smallest absolute Gasteiger partial charge is 0.194 e. The van der Waals surface area contributed by atoms with Crippen LogP contribution in [0.4, 0.5) is 0 Å². The largest absolute Gasteiger partial charge is 0.376 e. The van der Waals surface area contributed by atoms with E-state index in [9.17, 15) is 0 Å². The van der Waals surface area contributed by atoms with Crippen molar-refractivity contribution in [3.05, 3.63) is 34.0 Å². The molecule has 0 bridgehead atoms. The van der Waals surface area contributed by atoms with Crippen LogP contribution in [0.3, 0.4) is 0 Å². The Kier molecular flexibility index (Phi) is 6.04. The van der Waals surface area contributed by atoms with Crippen LogP contribution in [0.15, 0.2) is 21.8 Å². The van der Waals surface area contributed by atoms with Gasteiger partial charge < -0.3 is 19.5 Å². The second-order valence-electron chi connectivity index (χ2n) is 6.37. The maximum atomic E-state index is 5.71. The molecule has 2 aromatic rings. The molecule has 0 radical (unpaired) electrons. The molecule has 2 aromatic heterocycles. The molecule has 0 aromatic carbocycles. The SMILES string of the molecule is Cc1nnc(CN=C(NCC2CCCO2)N(C)Cc2ccsc2)n1C. The number of nitrogens with zero attached hydrogens (tertiary/aromatic N) is 5. The van der Waals surface area contributed by atoms with E-state index in [1.54, 1.807) is 11.3 Å². The molecule has 25 heavy (non-hydrogen) atoms. The third-order valence-corrected chi connectivity index (χ3v) is 5.16. The van der Waals surface area contributed by atoms with E-state index in [0.29, 0.717) is 6.54 Å². The molecule has 136 valence electrons. The molecule has 7 nitrogen and oxygen atoms in total. The molecule has 1 aliphatic heterocycles. The molecule has 0 amide bonds. The molecule has 3 heterocycles. The quantitative estimate of drug-likeness (QED) is 0.628. The summed E-state index contributed by atoms with van der Waals surface area (Å²) in [4.78, 5) is 6.90. The van der Waals surface area contributed by atoms with Crippen molar-refractivity contribution in [2.24, 2.45) is 12.0 Å². The van der Waals surface area contributed by atoms with Gasteiger partial charge in [0.15, 0.2) is 11.8 Å². The average Bonchev–Trinajstić information content (AvgIpc) is 3.34. The summed E-state index contributed by atoms with van der Waals surface area (Å²) in [6.45, 7) is 4.91. The van der Waals surface area contributed by atoms with Crippen molar-refractivity contribution in [2.75, 3.05) is 20.2 Å². The monoisotopic (exact) mass is 362 g/mol. The van der Waals surface area contributed by atoms with Gasteiger partial charge in [0.1, 0.15) is 12.4 Å². The Bertz CT molecular complexity index is 690. The van der Waals surface area contributed by atoms with Crippen LogP contribution in [0.5, 0.6) is 0 Å². The maximum Gasteiger partial charge on any atom is 0.194 e. The van der Waals surface area contributed by atoms with Crippen LogP contribution in [0, 0.1) is 6.92 Å². The van der Waals surface area contributed by atoms with Crippen LogP contribution < -0.4 is 5.32 Å². The highest BCUT2D eigenvalue weighted by atomic mass is 32.1. The molecule has 1 unspecified atom stereocenters. The predicted octanol–water partition coefficient (Wildman–Crippen LogP) is 1.94. The first-order valence-electron chi connectivity index (χ1n) is 8.60. The molecular formula is C17H26N6OS. The first-order valence-corrected chi connectivity index (χ1v) is 9.54. The molecular weight excluding hydrogens is 336 g/mol. The van der Waals surface area contributed by atoms with Gasteiger partial charge in [0, 0.05) is 33.8 Å². The molecule has 0 spiro atoms. The number of nitrogens with one attached hydrogen (secondary N) is 1. The minimum absolute atomic E-state index is 0.275. The van der Waals surface area contributed by atoms with Gasteiger partial charge in [0.05, 0.1) is 6.10 Å². The maximum absolute atomic E-state index is 5.71. The van der Waals surface area contributed by atoms with Gasteiger partial charge in [-0.15, -0.1) is 10.2 Å². The summed E-state index contributed by atoms with van der Waals surface area (Å²) in [5.74, 6) is 2.62. The van der Waals surface area contributed by atoms with Gasteiger partial charge in [-0.25, -0.2) is 4.99 Å². The molecule has 1 N–H and O–H groups in total. The van der Waals surface area contributed by atoms with Crippen LogP contribution in [0.1, 0.15) is 30.1 Å². The van der Waals surface area contributed by atoms with Crippen molar-refractivity contribution in [2.45, 2.75) is 39.0 Å². The Balaban J connectivity index is 1.67. The zero-order valence-corrected chi connectivity index (χ0v) is 15.9. The van der Waals surface area contributed by atoms with Crippen LogP contribution in [-0.2, 0) is 24.9 Å². The lowest BCUT2D eigenvalue weighted by Crippen LogP contribution is -2.42. The molecule has 1 aliphatic rings. The number of hydrogen-bond donors (Lipinski definition) is 1. The van der Waals surface area contributed by atoms with Gasteiger partial charge in [-0.3, -0.25) is 0 Å². The molecule has 1 saturated heterocycles. The lowest BCUT2D eigenvalue weighted by Gasteiger charge is -2.23. The van der Waals surface area contributed by atoms with E-state index < -0.39 is 0 Å². The summed E-state index contributed by atoms with van der Waals surface area (Å²) in [6.07, 6.45) is 2.52. The first kappa shape index (κ1) is 17.9. The summed E-state index contributed by atoms with van der Waals surface area (Å²) in [5.41, 5.74) is 1.29. The fraction of sp³-hybridized carbons (Fsp3) is 0.588. The van der Waals surface area contributed by atoms with Crippen molar-refractivity contribution < 1.29 is 4.74 Å². The van der Waals surface area contributed by atoms with E-state index in [4.69, 9.17) is 9.73 Å². The Morgan fingerprint density at radius 2 is 2.40 bits per heavy atom. The average molecular weight is 363 g/mol. The Hall–Kier alpha value is -1.93. The third-order valence-electron chi connectivity index (χ3n) is 4.43. The van der Waals surface area contributed by atoms with Gasteiger partial charge in [0.25, 0.3) is 0 Å². The van der Waals surface area contributed by atoms with Crippen molar-refractivity contribution in [1.82, 2.24) is 25.0 Å². The van der Waals surface area contributed by atoms with E-state index in [2.05, 4.69) is 44.3 Å². The number of ether oxygens (including phenoxy) is 1. The van der Waals surface area contributed by atoms with Crippen molar-refractivity contribution >= 4 is 17.3 Å². The minimum Gasteiger partial charge on any atom is -0.376 e. The fourth-order valence-corrected chi connectivity index (χ4v) is 3.45. The third kappa shape index (κ3) is 4.79. The highest BCUT2D eigenvalue weighted by Gasteiger charge is 2.17. The Morgan fingerprint density at radius 1 is 1.52 bits per heavy atom. The van der Waals surface area contributed by atoms with Crippen LogP contribution in [0.2, 0.25) is 0 Å². The second kappa shape index (κ2) is 8.44. The predicted molar refractivity (Wildman–Crippen MR) is 99.6 cm³/mol. The summed E-state index contributed by atoms with van der Waals surface area (Å²) in [7, 11) is 4.02. The highest BCUT2D eigenvalue weighted by Crippen LogP contribution is 2.12. The molecule has 8 heteroatoms. The first-order chi connectivity index (χ1) is 12.1. The standard InChI is InChI=1S/C17H26N6OS/c1-13-20-21-16(23(13)3)10-19-17(18-9-15-5-4-7-24-15)22(2)11-14-6-8-25-12-14/h6,8,12,15H,4-5,7,9-11H2,1-3H3,(H,18,19). The van der Waals surface area contributed by atoms with Crippen molar-refractivity contribution in [3.8, 4) is 0 Å². The van der Waals surface area contributed by atoms with Gasteiger partial charge >= 0.3 is 0 Å². The van der Waals surface area contributed by atoms with Gasteiger partial charge in [-0.05, 0) is 42.2 Å². The van der Waals surface area contributed by atoms with E-state index in [1.165, 1.54) is 5.56 Å². The van der Waals surface area contributed by atoms with Crippen LogP contribution >= 0.6 is 11.3 Å². The van der Waals surface area contributed by atoms with Gasteiger partial charge in [-0.1, -0.05) is 0 Å². The van der Waals surface area contributed by atoms with Gasteiger partial charge in [-0.2, -0.15) is 11.3 Å². The second-order valence-corrected chi connectivity index (χ2v) is 7.15. The van der Waals surface area contributed by atoms with E-state index in [0.717, 1.165) is 50.1 Å². The lowest BCUT2D eigenvalue weighted by molar-refractivity contribution is 0.113. The van der Waals surface area contributed by atoms with Crippen molar-refractivity contribution in [1.29, 1.82) is 0 Å². The normalized spacial score (nSPS) is 17.9. The van der Waals surface area contributed by atoms with Crippen molar-refractivity contribution in [3.63, 3.8) is 0 Å². The zero-order valence-electron chi connectivity index (χ0n) is 15.1. The topological polar surface area (TPSA) is 67.6 Å². The minimum atomic E-state index is 0.275. The number of aryl methyl sites for hydroxylation is 1. The molecule has 1 atom stereocenters.